The topological polar surface area (TPSA) is 95.7 Å². The summed E-state index contributed by atoms with van der Waals surface area (Å²) in [7, 11) is 0. The number of halogens is 1. The number of benzene rings is 2. The average Bonchev–Trinajstić information content (AvgIpc) is 2.88. The largest absolute Gasteiger partial charge is 0.338 e. The Bertz CT molecular complexity index is 1010. The van der Waals surface area contributed by atoms with Crippen molar-refractivity contribution in [1.29, 1.82) is 0 Å². The van der Waals surface area contributed by atoms with Crippen LogP contribution in [-0.2, 0) is 9.59 Å². The van der Waals surface area contributed by atoms with Crippen molar-refractivity contribution in [3.8, 4) is 11.1 Å². The molecule has 0 aromatic heterocycles. The number of nitrogens with two attached hydrogens (primary N) is 1. The number of hydrogen-bond acceptors (Lipinski definition) is 4. The van der Waals surface area contributed by atoms with E-state index in [9.17, 15) is 14.4 Å². The highest BCUT2D eigenvalue weighted by Crippen LogP contribution is 2.30. The zero-order chi connectivity index (χ0) is 22.0. The quantitative estimate of drug-likeness (QED) is 0.699. The molecular weight excluding hydrogens is 416 g/mol. The van der Waals surface area contributed by atoms with Crippen molar-refractivity contribution in [2.45, 2.75) is 25.3 Å². The first kappa shape index (κ1) is 21.3. The van der Waals surface area contributed by atoms with Crippen molar-refractivity contribution < 1.29 is 14.4 Å². The second-order valence-corrected chi connectivity index (χ2v) is 8.29. The predicted octanol–water partition coefficient (Wildman–Crippen LogP) is 2.74. The van der Waals surface area contributed by atoms with Crippen LogP contribution >= 0.6 is 11.6 Å². The van der Waals surface area contributed by atoms with Crippen LogP contribution in [0.25, 0.3) is 11.1 Å². The molecule has 8 heteroatoms. The van der Waals surface area contributed by atoms with E-state index >= 15 is 0 Å². The summed E-state index contributed by atoms with van der Waals surface area (Å²) in [6.07, 6.45) is 1.92. The maximum absolute atomic E-state index is 13.3. The SMILES string of the molecule is NCCCCC(=O)N1CCN2C(=O)c3cc(-c4ccc(Cl)cc4)ccc3NC(=O)C2C1. The monoisotopic (exact) mass is 440 g/mol. The van der Waals surface area contributed by atoms with Crippen LogP contribution in [0.1, 0.15) is 29.6 Å². The molecule has 1 unspecified atom stereocenters. The van der Waals surface area contributed by atoms with Gasteiger partial charge >= 0.3 is 0 Å². The minimum atomic E-state index is -0.703. The van der Waals surface area contributed by atoms with Crippen molar-refractivity contribution >= 4 is 35.0 Å². The van der Waals surface area contributed by atoms with Crippen LogP contribution in [0.15, 0.2) is 42.5 Å². The zero-order valence-electron chi connectivity index (χ0n) is 17.1. The van der Waals surface area contributed by atoms with Crippen molar-refractivity contribution in [3.63, 3.8) is 0 Å². The molecule has 4 rings (SSSR count). The molecule has 162 valence electrons. The predicted molar refractivity (Wildman–Crippen MR) is 120 cm³/mol. The Morgan fingerprint density at radius 1 is 1.06 bits per heavy atom. The van der Waals surface area contributed by atoms with E-state index in [1.54, 1.807) is 34.1 Å². The molecule has 7 nitrogen and oxygen atoms in total. The first-order valence-corrected chi connectivity index (χ1v) is 10.9. The number of piperazine rings is 1. The highest BCUT2D eigenvalue weighted by molar-refractivity contribution is 6.30. The van der Waals surface area contributed by atoms with Gasteiger partial charge in [-0.2, -0.15) is 0 Å². The number of carbonyl (C=O) groups excluding carboxylic acids is 3. The summed E-state index contributed by atoms with van der Waals surface area (Å²) in [5.74, 6) is -0.477. The Hall–Kier alpha value is -2.90. The second-order valence-electron chi connectivity index (χ2n) is 7.86. The summed E-state index contributed by atoms with van der Waals surface area (Å²) in [4.78, 5) is 42.0. The normalized spacial score (nSPS) is 18.2. The lowest BCUT2D eigenvalue weighted by molar-refractivity contribution is -0.135. The third-order valence-corrected chi connectivity index (χ3v) is 6.08. The Kier molecular flexibility index (Phi) is 6.25. The number of unbranched alkanes of at least 4 members (excludes halogenated alkanes) is 1. The van der Waals surface area contributed by atoms with E-state index in [4.69, 9.17) is 17.3 Å². The number of anilines is 1. The second kappa shape index (κ2) is 9.08. The van der Waals surface area contributed by atoms with Crippen LogP contribution in [0.4, 0.5) is 5.69 Å². The lowest BCUT2D eigenvalue weighted by Gasteiger charge is -2.39. The molecule has 0 saturated carbocycles. The number of nitrogens with one attached hydrogen (secondary N) is 1. The van der Waals surface area contributed by atoms with E-state index in [1.165, 1.54) is 0 Å². The molecule has 0 bridgehead atoms. The van der Waals surface area contributed by atoms with Gasteiger partial charge in [0.1, 0.15) is 6.04 Å². The summed E-state index contributed by atoms with van der Waals surface area (Å²) in [6.45, 7) is 1.50. The number of fused-ring (bicyclic) bond motifs is 2. The molecule has 3 amide bonds. The van der Waals surface area contributed by atoms with Gasteiger partial charge in [0.2, 0.25) is 11.8 Å². The van der Waals surface area contributed by atoms with Gasteiger partial charge in [-0.15, -0.1) is 0 Å². The van der Waals surface area contributed by atoms with Gasteiger partial charge in [0.15, 0.2) is 0 Å². The highest BCUT2D eigenvalue weighted by atomic mass is 35.5. The minimum absolute atomic E-state index is 0.000125. The van der Waals surface area contributed by atoms with Crippen molar-refractivity contribution in [2.75, 3.05) is 31.5 Å². The molecule has 0 spiro atoms. The Morgan fingerprint density at radius 2 is 1.81 bits per heavy atom. The highest BCUT2D eigenvalue weighted by Gasteiger charge is 2.40. The van der Waals surface area contributed by atoms with Gasteiger partial charge in [0.25, 0.3) is 5.91 Å². The minimum Gasteiger partial charge on any atom is -0.338 e. The Morgan fingerprint density at radius 3 is 2.55 bits per heavy atom. The third-order valence-electron chi connectivity index (χ3n) is 5.83. The fourth-order valence-corrected chi connectivity index (χ4v) is 4.20. The van der Waals surface area contributed by atoms with E-state index < -0.39 is 6.04 Å². The third kappa shape index (κ3) is 4.43. The zero-order valence-corrected chi connectivity index (χ0v) is 17.9. The molecular formula is C23H25ClN4O3. The smallest absolute Gasteiger partial charge is 0.256 e. The molecule has 2 aromatic rings. The molecule has 1 atom stereocenters. The Labute approximate surface area is 186 Å². The van der Waals surface area contributed by atoms with E-state index in [1.807, 2.05) is 18.2 Å². The van der Waals surface area contributed by atoms with Crippen molar-refractivity contribution in [2.24, 2.45) is 5.73 Å². The molecule has 0 radical (unpaired) electrons. The summed E-state index contributed by atoms with van der Waals surface area (Å²) in [6, 6.07) is 12.1. The fourth-order valence-electron chi connectivity index (χ4n) is 4.08. The number of amides is 3. The summed E-state index contributed by atoms with van der Waals surface area (Å²) in [5.41, 5.74) is 8.23. The van der Waals surface area contributed by atoms with Gasteiger partial charge < -0.3 is 20.9 Å². The standard InChI is InChI=1S/C23H25ClN4O3/c24-17-7-4-15(5-8-17)16-6-9-19-18(13-16)23(31)28-12-11-27(14-20(28)22(30)26-19)21(29)3-1-2-10-25/h4-9,13,20H,1-3,10-12,14,25H2,(H,26,30). The van der Waals surface area contributed by atoms with E-state index in [2.05, 4.69) is 5.32 Å². The van der Waals surface area contributed by atoms with Crippen LogP contribution in [0.5, 0.6) is 0 Å². The molecule has 31 heavy (non-hydrogen) atoms. The molecule has 1 fully saturated rings. The molecule has 2 aliphatic heterocycles. The molecule has 0 aliphatic carbocycles. The first-order chi connectivity index (χ1) is 15.0. The molecule has 2 heterocycles. The summed E-state index contributed by atoms with van der Waals surface area (Å²) in [5, 5.41) is 3.51. The Balaban J connectivity index is 1.56. The summed E-state index contributed by atoms with van der Waals surface area (Å²) >= 11 is 5.98. The maximum Gasteiger partial charge on any atom is 0.256 e. The molecule has 1 saturated heterocycles. The van der Waals surface area contributed by atoms with E-state index in [-0.39, 0.29) is 24.3 Å². The van der Waals surface area contributed by atoms with Gasteiger partial charge in [-0.1, -0.05) is 29.8 Å². The van der Waals surface area contributed by atoms with Crippen LogP contribution in [-0.4, -0.2) is 59.7 Å². The van der Waals surface area contributed by atoms with E-state index in [0.29, 0.717) is 42.3 Å². The average molecular weight is 441 g/mol. The number of carbonyl (C=O) groups is 3. The van der Waals surface area contributed by atoms with Crippen LogP contribution in [0, 0.1) is 0 Å². The lowest BCUT2D eigenvalue weighted by atomic mass is 10.0. The van der Waals surface area contributed by atoms with Crippen LogP contribution < -0.4 is 11.1 Å². The number of nitrogens with zero attached hydrogens (tertiary/aromatic N) is 2. The van der Waals surface area contributed by atoms with Gasteiger partial charge in [0, 0.05) is 24.5 Å². The molecule has 3 N–H and O–H groups in total. The van der Waals surface area contributed by atoms with E-state index in [0.717, 1.165) is 24.0 Å². The van der Waals surface area contributed by atoms with Gasteiger partial charge in [-0.25, -0.2) is 0 Å². The maximum atomic E-state index is 13.3. The van der Waals surface area contributed by atoms with Crippen molar-refractivity contribution in [1.82, 2.24) is 9.80 Å². The molecule has 2 aromatic carbocycles. The van der Waals surface area contributed by atoms with Gasteiger partial charge in [-0.05, 0) is 54.8 Å². The van der Waals surface area contributed by atoms with Crippen LogP contribution in [0.3, 0.4) is 0 Å². The lowest BCUT2D eigenvalue weighted by Crippen LogP contribution is -2.59. The number of hydrogen-bond donors (Lipinski definition) is 2. The van der Waals surface area contributed by atoms with Gasteiger partial charge in [-0.3, -0.25) is 14.4 Å². The summed E-state index contributed by atoms with van der Waals surface area (Å²) < 4.78 is 0. The van der Waals surface area contributed by atoms with Crippen molar-refractivity contribution in [3.05, 3.63) is 53.1 Å². The number of rotatable bonds is 5. The fraction of sp³-hybridized carbons (Fsp3) is 0.348. The first-order valence-electron chi connectivity index (χ1n) is 10.5. The van der Waals surface area contributed by atoms with Gasteiger partial charge in [0.05, 0.1) is 17.8 Å². The van der Waals surface area contributed by atoms with Crippen LogP contribution in [0.2, 0.25) is 5.02 Å². The molecule has 2 aliphatic rings.